The molecule has 1 fully saturated rings. The Labute approximate surface area is 182 Å². The van der Waals surface area contributed by atoms with Crippen LogP contribution in [0.5, 0.6) is 0 Å². The summed E-state index contributed by atoms with van der Waals surface area (Å²) in [7, 11) is 0. The number of rotatable bonds is 6. The van der Waals surface area contributed by atoms with E-state index in [9.17, 15) is 9.59 Å². The Hall–Kier alpha value is -3.48. The zero-order valence-electron chi connectivity index (χ0n) is 18.1. The van der Waals surface area contributed by atoms with Gasteiger partial charge in [0.1, 0.15) is 0 Å². The number of carbonyl (C=O) groups excluding carboxylic acids is 2. The molecule has 2 aromatic heterocycles. The summed E-state index contributed by atoms with van der Waals surface area (Å²) >= 11 is 0. The number of anilines is 1. The summed E-state index contributed by atoms with van der Waals surface area (Å²) in [5.74, 6) is 0.369. The first-order chi connectivity index (χ1) is 14.9. The van der Waals surface area contributed by atoms with Gasteiger partial charge in [0, 0.05) is 37.1 Å². The Bertz CT molecular complexity index is 1090. The predicted octanol–water partition coefficient (Wildman–Crippen LogP) is 2.90. The first kappa shape index (κ1) is 20.8. The minimum atomic E-state index is -0.327. The lowest BCUT2D eigenvalue weighted by Gasteiger charge is -2.17. The molecule has 1 atom stereocenters. The van der Waals surface area contributed by atoms with E-state index in [0.29, 0.717) is 19.5 Å². The Morgan fingerprint density at radius 2 is 1.90 bits per heavy atom. The molecule has 1 aromatic carbocycles. The number of carbonyl (C=O) groups is 2. The van der Waals surface area contributed by atoms with Gasteiger partial charge in [-0.25, -0.2) is 9.67 Å². The molecule has 3 heterocycles. The average Bonchev–Trinajstić information content (AvgIpc) is 3.29. The molecule has 0 saturated carbocycles. The van der Waals surface area contributed by atoms with E-state index in [1.165, 1.54) is 0 Å². The second-order valence-electron chi connectivity index (χ2n) is 8.03. The van der Waals surface area contributed by atoms with E-state index in [0.717, 1.165) is 34.0 Å². The van der Waals surface area contributed by atoms with Gasteiger partial charge in [-0.15, -0.1) is 0 Å². The second-order valence-corrected chi connectivity index (χ2v) is 8.03. The quantitative estimate of drug-likeness (QED) is 0.669. The number of nitrogens with one attached hydrogen (secondary N) is 1. The van der Waals surface area contributed by atoms with Crippen molar-refractivity contribution in [2.45, 2.75) is 33.6 Å². The lowest BCUT2D eigenvalue weighted by atomic mass is 10.1. The molecule has 1 N–H and O–H groups in total. The van der Waals surface area contributed by atoms with Crippen LogP contribution in [-0.4, -0.2) is 39.7 Å². The summed E-state index contributed by atoms with van der Waals surface area (Å²) in [6.07, 6.45) is 2.67. The van der Waals surface area contributed by atoms with Crippen molar-refractivity contribution in [3.8, 4) is 5.82 Å². The van der Waals surface area contributed by atoms with Gasteiger partial charge in [-0.3, -0.25) is 9.59 Å². The third kappa shape index (κ3) is 4.35. The smallest absolute Gasteiger partial charge is 0.227 e. The lowest BCUT2D eigenvalue weighted by molar-refractivity contribution is -0.126. The molecule has 31 heavy (non-hydrogen) atoms. The van der Waals surface area contributed by atoms with Crippen molar-refractivity contribution in [3.63, 3.8) is 0 Å². The highest BCUT2D eigenvalue weighted by Gasteiger charge is 2.34. The van der Waals surface area contributed by atoms with E-state index in [1.54, 1.807) is 11.1 Å². The number of hydrogen-bond donors (Lipinski definition) is 1. The van der Waals surface area contributed by atoms with Gasteiger partial charge in [0.2, 0.25) is 11.8 Å². The molecule has 1 saturated heterocycles. The van der Waals surface area contributed by atoms with E-state index < -0.39 is 0 Å². The van der Waals surface area contributed by atoms with E-state index >= 15 is 0 Å². The highest BCUT2D eigenvalue weighted by atomic mass is 16.2. The number of amides is 2. The molecule has 7 nitrogen and oxygen atoms in total. The van der Waals surface area contributed by atoms with Crippen LogP contribution in [0.1, 0.15) is 28.9 Å². The molecule has 4 rings (SSSR count). The second kappa shape index (κ2) is 8.71. The maximum Gasteiger partial charge on any atom is 0.227 e. The number of benzene rings is 1. The first-order valence-corrected chi connectivity index (χ1v) is 10.6. The molecule has 2 amide bonds. The molecule has 0 bridgehead atoms. The van der Waals surface area contributed by atoms with Gasteiger partial charge < -0.3 is 10.2 Å². The number of nitrogens with zero attached hydrogens (tertiary/aromatic N) is 4. The topological polar surface area (TPSA) is 80.1 Å². The van der Waals surface area contributed by atoms with E-state index in [-0.39, 0.29) is 24.2 Å². The van der Waals surface area contributed by atoms with Gasteiger partial charge in [-0.2, -0.15) is 5.10 Å². The van der Waals surface area contributed by atoms with Gasteiger partial charge in [0.15, 0.2) is 5.82 Å². The molecule has 1 aliphatic heterocycles. The molecular formula is C24H27N5O2. The van der Waals surface area contributed by atoms with Crippen LogP contribution in [0, 0.1) is 26.7 Å². The molecular weight excluding hydrogens is 390 g/mol. The van der Waals surface area contributed by atoms with Crippen LogP contribution in [0.2, 0.25) is 0 Å². The average molecular weight is 418 g/mol. The first-order valence-electron chi connectivity index (χ1n) is 10.6. The molecule has 3 aromatic rings. The van der Waals surface area contributed by atoms with Crippen molar-refractivity contribution >= 4 is 17.5 Å². The minimum absolute atomic E-state index is 0.00710. The van der Waals surface area contributed by atoms with Gasteiger partial charge in [0.25, 0.3) is 0 Å². The monoisotopic (exact) mass is 417 g/mol. The minimum Gasteiger partial charge on any atom is -0.355 e. The Morgan fingerprint density at radius 3 is 2.61 bits per heavy atom. The zero-order chi connectivity index (χ0) is 22.0. The largest absolute Gasteiger partial charge is 0.355 e. The van der Waals surface area contributed by atoms with Gasteiger partial charge in [-0.05, 0) is 57.0 Å². The van der Waals surface area contributed by atoms with Crippen molar-refractivity contribution in [1.82, 2.24) is 20.1 Å². The number of hydrogen-bond acceptors (Lipinski definition) is 4. The Balaban J connectivity index is 1.35. The number of aromatic nitrogens is 3. The lowest BCUT2D eigenvalue weighted by Crippen LogP contribution is -2.34. The van der Waals surface area contributed by atoms with Crippen molar-refractivity contribution in [3.05, 3.63) is 71.2 Å². The van der Waals surface area contributed by atoms with Gasteiger partial charge >= 0.3 is 0 Å². The highest BCUT2D eigenvalue weighted by molar-refractivity contribution is 6.00. The Kier molecular flexibility index (Phi) is 5.84. The summed E-state index contributed by atoms with van der Waals surface area (Å²) in [4.78, 5) is 31.2. The van der Waals surface area contributed by atoms with Crippen molar-refractivity contribution in [1.29, 1.82) is 0 Å². The van der Waals surface area contributed by atoms with Crippen molar-refractivity contribution < 1.29 is 9.59 Å². The van der Waals surface area contributed by atoms with Crippen molar-refractivity contribution in [2.75, 3.05) is 18.0 Å². The van der Waals surface area contributed by atoms with E-state index in [4.69, 9.17) is 0 Å². The normalized spacial score (nSPS) is 16.0. The van der Waals surface area contributed by atoms with Crippen LogP contribution in [0.4, 0.5) is 5.69 Å². The van der Waals surface area contributed by atoms with Crippen LogP contribution in [0.15, 0.2) is 48.7 Å². The molecule has 7 heteroatoms. The summed E-state index contributed by atoms with van der Waals surface area (Å²) in [5, 5.41) is 7.61. The SMILES string of the molecule is Cc1ccc(N2CC(C(=O)NCCc3c(C)nn(-c4ccccn4)c3C)CC2=O)cc1. The standard InChI is InChI=1S/C24H27N5O2/c1-16-7-9-20(10-8-16)28-15-19(14-23(28)30)24(31)26-13-11-21-17(2)27-29(18(21)3)22-6-4-5-12-25-22/h4-10,12,19H,11,13-15H2,1-3H3,(H,26,31). The predicted molar refractivity (Wildman–Crippen MR) is 119 cm³/mol. The fraction of sp³-hybridized carbons (Fsp3) is 0.333. The molecule has 160 valence electrons. The van der Waals surface area contributed by atoms with Gasteiger partial charge in [0.05, 0.1) is 11.6 Å². The summed E-state index contributed by atoms with van der Waals surface area (Å²) in [6.45, 7) is 6.92. The fourth-order valence-corrected chi connectivity index (χ4v) is 4.05. The molecule has 0 aliphatic carbocycles. The van der Waals surface area contributed by atoms with E-state index in [2.05, 4.69) is 15.4 Å². The molecule has 1 unspecified atom stereocenters. The van der Waals surface area contributed by atoms with Crippen LogP contribution in [0.25, 0.3) is 5.82 Å². The van der Waals surface area contributed by atoms with Crippen LogP contribution < -0.4 is 10.2 Å². The Morgan fingerprint density at radius 1 is 1.13 bits per heavy atom. The molecule has 0 radical (unpaired) electrons. The third-order valence-electron chi connectivity index (χ3n) is 5.82. The maximum absolute atomic E-state index is 12.7. The van der Waals surface area contributed by atoms with E-state index in [1.807, 2.05) is 67.9 Å². The maximum atomic E-state index is 12.7. The van der Waals surface area contributed by atoms with Crippen LogP contribution in [-0.2, 0) is 16.0 Å². The fourth-order valence-electron chi connectivity index (χ4n) is 4.05. The number of pyridine rings is 1. The van der Waals surface area contributed by atoms with Crippen LogP contribution >= 0.6 is 0 Å². The summed E-state index contributed by atoms with van der Waals surface area (Å²) in [6, 6.07) is 13.5. The van der Waals surface area contributed by atoms with Gasteiger partial charge in [-0.1, -0.05) is 23.8 Å². The van der Waals surface area contributed by atoms with Crippen LogP contribution in [0.3, 0.4) is 0 Å². The number of aryl methyl sites for hydroxylation is 2. The summed E-state index contributed by atoms with van der Waals surface area (Å²) in [5.41, 5.74) is 5.04. The van der Waals surface area contributed by atoms with Crippen molar-refractivity contribution in [2.24, 2.45) is 5.92 Å². The zero-order valence-corrected chi connectivity index (χ0v) is 18.1. The molecule has 1 aliphatic rings. The third-order valence-corrected chi connectivity index (χ3v) is 5.82. The summed E-state index contributed by atoms with van der Waals surface area (Å²) < 4.78 is 1.83. The molecule has 0 spiro atoms. The highest BCUT2D eigenvalue weighted by Crippen LogP contribution is 2.25.